The van der Waals surface area contributed by atoms with Crippen LogP contribution in [0.2, 0.25) is 10.0 Å². The van der Waals surface area contributed by atoms with Crippen LogP contribution < -0.4 is 5.32 Å². The third kappa shape index (κ3) is 4.83. The van der Waals surface area contributed by atoms with Crippen LogP contribution in [0.25, 0.3) is 0 Å². The Kier molecular flexibility index (Phi) is 6.88. The van der Waals surface area contributed by atoms with E-state index in [-0.39, 0.29) is 12.2 Å². The number of halogens is 2. The summed E-state index contributed by atoms with van der Waals surface area (Å²) in [5, 5.41) is 3.17. The molecule has 0 unspecified atom stereocenters. The Morgan fingerprint density at radius 2 is 1.71 bits per heavy atom. The molecule has 0 spiro atoms. The van der Waals surface area contributed by atoms with Gasteiger partial charge in [0.15, 0.2) is 0 Å². The van der Waals surface area contributed by atoms with Crippen molar-refractivity contribution in [1.82, 2.24) is 8.61 Å². The molecule has 24 heavy (non-hydrogen) atoms. The largest absolute Gasteiger partial charge is 0.322 e. The standard InChI is InChI=1S/C15H21Cl2N3O3S/c1-19(24(22,23)20-9-4-2-3-5-10-20)11-14(21)18-15-12(16)7-6-8-13(15)17/h6-8H,2-5,9-11H2,1H3,(H,18,21). The predicted octanol–water partition coefficient (Wildman–Crippen LogP) is 2.98. The maximum absolute atomic E-state index is 12.6. The number of carbonyl (C=O) groups excluding carboxylic acids is 1. The zero-order valence-corrected chi connectivity index (χ0v) is 15.8. The lowest BCUT2D eigenvalue weighted by Gasteiger charge is -2.26. The molecule has 1 aromatic carbocycles. The van der Waals surface area contributed by atoms with Crippen molar-refractivity contribution in [3.05, 3.63) is 28.2 Å². The molecular formula is C15H21Cl2N3O3S. The first-order chi connectivity index (χ1) is 11.3. The van der Waals surface area contributed by atoms with E-state index in [2.05, 4.69) is 5.32 Å². The van der Waals surface area contributed by atoms with Gasteiger partial charge in [-0.3, -0.25) is 4.79 Å². The number of hydrogen-bond donors (Lipinski definition) is 1. The van der Waals surface area contributed by atoms with Gasteiger partial charge >= 0.3 is 0 Å². The predicted molar refractivity (Wildman–Crippen MR) is 96.7 cm³/mol. The van der Waals surface area contributed by atoms with Gasteiger partial charge in [0.25, 0.3) is 10.2 Å². The molecule has 1 N–H and O–H groups in total. The molecule has 0 radical (unpaired) electrons. The van der Waals surface area contributed by atoms with E-state index in [0.717, 1.165) is 30.0 Å². The van der Waals surface area contributed by atoms with Crippen molar-refractivity contribution in [2.45, 2.75) is 25.7 Å². The van der Waals surface area contributed by atoms with E-state index in [4.69, 9.17) is 23.2 Å². The molecule has 1 amide bonds. The second kappa shape index (κ2) is 8.49. The van der Waals surface area contributed by atoms with Crippen LogP contribution in [0.1, 0.15) is 25.7 Å². The van der Waals surface area contributed by atoms with Crippen LogP contribution in [0, 0.1) is 0 Å². The van der Waals surface area contributed by atoms with Crippen LogP contribution in [0.15, 0.2) is 18.2 Å². The van der Waals surface area contributed by atoms with Crippen LogP contribution in [-0.4, -0.2) is 49.6 Å². The van der Waals surface area contributed by atoms with Crippen LogP contribution >= 0.6 is 23.2 Å². The number of hydrogen-bond acceptors (Lipinski definition) is 3. The summed E-state index contributed by atoms with van der Waals surface area (Å²) in [6.07, 6.45) is 3.74. The molecular weight excluding hydrogens is 373 g/mol. The lowest BCUT2D eigenvalue weighted by atomic mass is 10.2. The topological polar surface area (TPSA) is 69.7 Å². The third-order valence-electron chi connectivity index (χ3n) is 3.88. The number of benzene rings is 1. The van der Waals surface area contributed by atoms with Gasteiger partial charge < -0.3 is 5.32 Å². The molecule has 6 nitrogen and oxygen atoms in total. The van der Waals surface area contributed by atoms with Crippen LogP contribution in [0.4, 0.5) is 5.69 Å². The Hall–Kier alpha value is -0.860. The molecule has 9 heteroatoms. The molecule has 134 valence electrons. The smallest absolute Gasteiger partial charge is 0.282 e. The first-order valence-corrected chi connectivity index (χ1v) is 9.93. The highest BCUT2D eigenvalue weighted by Gasteiger charge is 2.28. The van der Waals surface area contributed by atoms with Crippen LogP contribution in [0.3, 0.4) is 0 Å². The van der Waals surface area contributed by atoms with Gasteiger partial charge in [-0.2, -0.15) is 17.0 Å². The Morgan fingerprint density at radius 3 is 2.25 bits per heavy atom. The van der Waals surface area contributed by atoms with E-state index in [9.17, 15) is 13.2 Å². The van der Waals surface area contributed by atoms with E-state index in [1.165, 1.54) is 11.4 Å². The van der Waals surface area contributed by atoms with Gasteiger partial charge in [-0.15, -0.1) is 0 Å². The van der Waals surface area contributed by atoms with Crippen molar-refractivity contribution in [3.8, 4) is 0 Å². The van der Waals surface area contributed by atoms with E-state index in [0.29, 0.717) is 23.1 Å². The number of carbonyl (C=O) groups is 1. The molecule has 1 heterocycles. The molecule has 0 bridgehead atoms. The Bertz CT molecular complexity index is 669. The van der Waals surface area contributed by atoms with Gasteiger partial charge in [0.2, 0.25) is 5.91 Å². The van der Waals surface area contributed by atoms with E-state index in [1.807, 2.05) is 0 Å². The molecule has 0 saturated carbocycles. The number of nitrogens with zero attached hydrogens (tertiary/aromatic N) is 2. The maximum atomic E-state index is 12.6. The highest BCUT2D eigenvalue weighted by molar-refractivity contribution is 7.86. The second-order valence-electron chi connectivity index (χ2n) is 5.72. The summed E-state index contributed by atoms with van der Waals surface area (Å²) in [5.74, 6) is -0.495. The number of amides is 1. The van der Waals surface area contributed by atoms with Gasteiger partial charge in [0.05, 0.1) is 22.3 Å². The summed E-state index contributed by atoms with van der Waals surface area (Å²) in [5.41, 5.74) is 0.284. The Labute approximate surface area is 152 Å². The van der Waals surface area contributed by atoms with E-state index < -0.39 is 16.1 Å². The molecule has 1 aliphatic heterocycles. The van der Waals surface area contributed by atoms with Gasteiger partial charge in [-0.25, -0.2) is 0 Å². The first kappa shape index (κ1) is 19.5. The fourth-order valence-electron chi connectivity index (χ4n) is 2.55. The Morgan fingerprint density at radius 1 is 1.17 bits per heavy atom. The van der Waals surface area contributed by atoms with Crippen molar-refractivity contribution in [1.29, 1.82) is 0 Å². The van der Waals surface area contributed by atoms with Crippen LogP contribution in [0.5, 0.6) is 0 Å². The average Bonchev–Trinajstić information content (AvgIpc) is 2.80. The van der Waals surface area contributed by atoms with Gasteiger partial charge in [0.1, 0.15) is 0 Å². The summed E-state index contributed by atoms with van der Waals surface area (Å²) < 4.78 is 27.7. The molecule has 2 rings (SSSR count). The van der Waals surface area contributed by atoms with Crippen molar-refractivity contribution in [2.24, 2.45) is 0 Å². The molecule has 1 aromatic rings. The second-order valence-corrected chi connectivity index (χ2v) is 8.57. The first-order valence-electron chi connectivity index (χ1n) is 7.77. The molecule has 1 aliphatic rings. The van der Waals surface area contributed by atoms with Gasteiger partial charge in [0, 0.05) is 20.1 Å². The zero-order chi connectivity index (χ0) is 17.7. The summed E-state index contributed by atoms with van der Waals surface area (Å²) in [6, 6.07) is 4.86. The van der Waals surface area contributed by atoms with Gasteiger partial charge in [-0.05, 0) is 25.0 Å². The summed E-state index contributed by atoms with van der Waals surface area (Å²) in [4.78, 5) is 12.2. The molecule has 0 aliphatic carbocycles. The maximum Gasteiger partial charge on any atom is 0.282 e. The summed E-state index contributed by atoms with van der Waals surface area (Å²) in [7, 11) is -2.26. The number of nitrogens with one attached hydrogen (secondary N) is 1. The average molecular weight is 394 g/mol. The number of anilines is 1. The van der Waals surface area contributed by atoms with Gasteiger partial charge in [-0.1, -0.05) is 42.1 Å². The van der Waals surface area contributed by atoms with Crippen molar-refractivity contribution < 1.29 is 13.2 Å². The molecule has 0 atom stereocenters. The number of likely N-dealkylation sites (N-methyl/N-ethyl adjacent to an activating group) is 1. The lowest BCUT2D eigenvalue weighted by molar-refractivity contribution is -0.116. The van der Waals surface area contributed by atoms with Crippen molar-refractivity contribution in [3.63, 3.8) is 0 Å². The zero-order valence-electron chi connectivity index (χ0n) is 13.5. The Balaban J connectivity index is 2.02. The summed E-state index contributed by atoms with van der Waals surface area (Å²) >= 11 is 12.0. The minimum Gasteiger partial charge on any atom is -0.322 e. The highest BCUT2D eigenvalue weighted by atomic mass is 35.5. The quantitative estimate of drug-likeness (QED) is 0.835. The normalized spacial score (nSPS) is 16.8. The molecule has 1 saturated heterocycles. The van der Waals surface area contributed by atoms with E-state index in [1.54, 1.807) is 18.2 Å². The van der Waals surface area contributed by atoms with Crippen molar-refractivity contribution in [2.75, 3.05) is 32.0 Å². The minimum atomic E-state index is -3.65. The van der Waals surface area contributed by atoms with Crippen LogP contribution in [-0.2, 0) is 15.0 Å². The minimum absolute atomic E-state index is 0.284. The fourth-order valence-corrected chi connectivity index (χ4v) is 4.44. The van der Waals surface area contributed by atoms with Crippen molar-refractivity contribution >= 4 is 45.0 Å². The fraction of sp³-hybridized carbons (Fsp3) is 0.533. The number of rotatable bonds is 5. The monoisotopic (exact) mass is 393 g/mol. The lowest BCUT2D eigenvalue weighted by Crippen LogP contribution is -2.45. The van der Waals surface area contributed by atoms with E-state index >= 15 is 0 Å². The third-order valence-corrected chi connectivity index (χ3v) is 6.44. The number of para-hydroxylation sites is 1. The molecule has 0 aromatic heterocycles. The highest BCUT2D eigenvalue weighted by Crippen LogP contribution is 2.29. The molecule has 1 fully saturated rings. The SMILES string of the molecule is CN(CC(=O)Nc1c(Cl)cccc1Cl)S(=O)(=O)N1CCCCCC1. The summed E-state index contributed by atoms with van der Waals surface area (Å²) in [6.45, 7) is 0.676.